The van der Waals surface area contributed by atoms with E-state index in [-0.39, 0.29) is 6.61 Å². The number of aryl methyl sites for hydroxylation is 1. The summed E-state index contributed by atoms with van der Waals surface area (Å²) in [6.45, 7) is 2.39. The summed E-state index contributed by atoms with van der Waals surface area (Å²) in [6, 6.07) is 3.72. The van der Waals surface area contributed by atoms with Gasteiger partial charge >= 0.3 is 0 Å². The van der Waals surface area contributed by atoms with Gasteiger partial charge in [-0.25, -0.2) is 0 Å². The lowest BCUT2D eigenvalue weighted by molar-refractivity contribution is 0.307. The van der Waals surface area contributed by atoms with E-state index in [9.17, 15) is 0 Å². The number of hydrogen-bond donors (Lipinski definition) is 1. The van der Waals surface area contributed by atoms with Crippen molar-refractivity contribution in [2.45, 2.75) is 6.92 Å². The second-order valence-electron chi connectivity index (χ2n) is 2.21. The van der Waals surface area contributed by atoms with Crippen LogP contribution in [0.5, 0.6) is 0 Å². The summed E-state index contributed by atoms with van der Waals surface area (Å²) in [4.78, 5) is 3.90. The third-order valence-electron chi connectivity index (χ3n) is 1.21. The highest BCUT2D eigenvalue weighted by molar-refractivity contribution is 5.75. The van der Waals surface area contributed by atoms with Gasteiger partial charge in [0.05, 0.1) is 19.4 Å². The van der Waals surface area contributed by atoms with Crippen LogP contribution in [0.1, 0.15) is 11.5 Å². The highest BCUT2D eigenvalue weighted by Gasteiger charge is 1.91. The van der Waals surface area contributed by atoms with Gasteiger partial charge in [-0.2, -0.15) is 0 Å². The zero-order chi connectivity index (χ0) is 8.10. The number of aliphatic hydroxyl groups excluding tert-OH is 1. The Bertz CT molecular complexity index is 240. The van der Waals surface area contributed by atoms with Gasteiger partial charge in [-0.15, -0.1) is 0 Å². The molecule has 0 bridgehead atoms. The molecule has 0 aliphatic rings. The molecule has 0 radical (unpaired) electrons. The first-order valence-electron chi connectivity index (χ1n) is 3.50. The predicted molar refractivity (Wildman–Crippen MR) is 43.0 cm³/mol. The Morgan fingerprint density at radius 1 is 1.64 bits per heavy atom. The maximum Gasteiger partial charge on any atom is 0.144 e. The van der Waals surface area contributed by atoms with E-state index in [0.717, 1.165) is 11.5 Å². The molecule has 0 aliphatic carbocycles. The number of hydrogen-bond acceptors (Lipinski definition) is 3. The summed E-state index contributed by atoms with van der Waals surface area (Å²) in [6.07, 6.45) is 1.61. The summed E-state index contributed by atoms with van der Waals surface area (Å²) in [5.74, 6) is 1.60. The van der Waals surface area contributed by atoms with E-state index < -0.39 is 0 Å². The quantitative estimate of drug-likeness (QED) is 0.658. The van der Waals surface area contributed by atoms with Gasteiger partial charge in [-0.05, 0) is 19.1 Å². The molecule has 0 amide bonds. The molecule has 0 fully saturated rings. The normalized spacial score (nSPS) is 11.1. The Labute approximate surface area is 65.4 Å². The molecule has 0 aromatic carbocycles. The van der Waals surface area contributed by atoms with Gasteiger partial charge in [0.1, 0.15) is 11.5 Å². The summed E-state index contributed by atoms with van der Waals surface area (Å²) >= 11 is 0. The summed E-state index contributed by atoms with van der Waals surface area (Å²) in [5.41, 5.74) is 0. The van der Waals surface area contributed by atoms with E-state index >= 15 is 0 Å². The van der Waals surface area contributed by atoms with Crippen LogP contribution in [0, 0.1) is 6.92 Å². The van der Waals surface area contributed by atoms with Gasteiger partial charge in [0.15, 0.2) is 0 Å². The summed E-state index contributed by atoms with van der Waals surface area (Å²) in [7, 11) is 0. The van der Waals surface area contributed by atoms with Gasteiger partial charge in [0, 0.05) is 0 Å². The predicted octanol–water partition coefficient (Wildman–Crippen LogP) is 0.999. The van der Waals surface area contributed by atoms with Gasteiger partial charge in [-0.3, -0.25) is 4.99 Å². The first kappa shape index (κ1) is 8.01. The number of aliphatic imine (C=N–C) groups is 1. The van der Waals surface area contributed by atoms with E-state index in [4.69, 9.17) is 9.52 Å². The van der Waals surface area contributed by atoms with Gasteiger partial charge < -0.3 is 9.52 Å². The van der Waals surface area contributed by atoms with Crippen molar-refractivity contribution in [2.75, 3.05) is 13.2 Å². The fourth-order valence-corrected chi connectivity index (χ4v) is 0.735. The topological polar surface area (TPSA) is 45.7 Å². The van der Waals surface area contributed by atoms with Crippen LogP contribution in [0.15, 0.2) is 21.5 Å². The second-order valence-corrected chi connectivity index (χ2v) is 2.21. The van der Waals surface area contributed by atoms with Crippen LogP contribution in [0.2, 0.25) is 0 Å². The van der Waals surface area contributed by atoms with E-state index in [1.807, 2.05) is 19.1 Å². The lowest BCUT2D eigenvalue weighted by atomic mass is 10.4. The third-order valence-corrected chi connectivity index (χ3v) is 1.21. The van der Waals surface area contributed by atoms with E-state index in [1.54, 1.807) is 6.21 Å². The number of aliphatic hydroxyl groups is 1. The fraction of sp³-hybridized carbons (Fsp3) is 0.375. The molecule has 11 heavy (non-hydrogen) atoms. The molecule has 1 rings (SSSR count). The standard InChI is InChI=1S/C8H11NO2/c1-7-2-3-8(11-7)6-9-4-5-10/h2-3,6,10H,4-5H2,1H3/b9-6+. The molecular weight excluding hydrogens is 142 g/mol. The van der Waals surface area contributed by atoms with Gasteiger partial charge in [-0.1, -0.05) is 0 Å². The molecule has 1 aromatic heterocycles. The highest BCUT2D eigenvalue weighted by Crippen LogP contribution is 2.02. The molecule has 0 spiro atoms. The molecule has 0 saturated heterocycles. The molecule has 0 saturated carbocycles. The molecule has 1 N–H and O–H groups in total. The minimum atomic E-state index is 0.0796. The Balaban J connectivity index is 2.50. The Kier molecular flexibility index (Phi) is 2.86. The smallest absolute Gasteiger partial charge is 0.144 e. The summed E-state index contributed by atoms with van der Waals surface area (Å²) < 4.78 is 5.20. The monoisotopic (exact) mass is 153 g/mol. The molecule has 0 atom stereocenters. The maximum atomic E-state index is 8.41. The van der Waals surface area contributed by atoms with E-state index in [1.165, 1.54) is 0 Å². The number of furan rings is 1. The molecule has 3 nitrogen and oxygen atoms in total. The second kappa shape index (κ2) is 3.93. The van der Waals surface area contributed by atoms with Gasteiger partial charge in [0.2, 0.25) is 0 Å². The Hall–Kier alpha value is -1.09. The average Bonchev–Trinajstić information content (AvgIpc) is 2.37. The van der Waals surface area contributed by atoms with Crippen molar-refractivity contribution < 1.29 is 9.52 Å². The molecule has 60 valence electrons. The lowest BCUT2D eigenvalue weighted by Crippen LogP contribution is -1.87. The number of nitrogens with zero attached hydrogens (tertiary/aromatic N) is 1. The van der Waals surface area contributed by atoms with Crippen LogP contribution in [-0.4, -0.2) is 24.5 Å². The van der Waals surface area contributed by atoms with Crippen molar-refractivity contribution in [3.05, 3.63) is 23.7 Å². The molecular formula is C8H11NO2. The SMILES string of the molecule is Cc1ccc(/C=N/CCO)o1. The van der Waals surface area contributed by atoms with E-state index in [0.29, 0.717) is 6.54 Å². The van der Waals surface area contributed by atoms with Crippen molar-refractivity contribution in [1.82, 2.24) is 0 Å². The lowest BCUT2D eigenvalue weighted by Gasteiger charge is -1.84. The molecule has 1 aromatic rings. The molecule has 1 heterocycles. The molecule has 0 unspecified atom stereocenters. The van der Waals surface area contributed by atoms with Crippen LogP contribution < -0.4 is 0 Å². The van der Waals surface area contributed by atoms with Crippen LogP contribution in [-0.2, 0) is 0 Å². The first-order chi connectivity index (χ1) is 5.33. The van der Waals surface area contributed by atoms with Crippen molar-refractivity contribution in [3.63, 3.8) is 0 Å². The van der Waals surface area contributed by atoms with E-state index in [2.05, 4.69) is 4.99 Å². The first-order valence-corrected chi connectivity index (χ1v) is 3.50. The molecule has 0 aliphatic heterocycles. The van der Waals surface area contributed by atoms with Crippen molar-refractivity contribution in [2.24, 2.45) is 4.99 Å². The minimum Gasteiger partial charge on any atom is -0.460 e. The number of rotatable bonds is 3. The largest absolute Gasteiger partial charge is 0.460 e. The van der Waals surface area contributed by atoms with Crippen LogP contribution in [0.25, 0.3) is 0 Å². The summed E-state index contributed by atoms with van der Waals surface area (Å²) in [5, 5.41) is 8.41. The van der Waals surface area contributed by atoms with Crippen LogP contribution >= 0.6 is 0 Å². The Morgan fingerprint density at radius 3 is 3.00 bits per heavy atom. The van der Waals surface area contributed by atoms with Crippen LogP contribution in [0.4, 0.5) is 0 Å². The minimum absolute atomic E-state index is 0.0796. The third kappa shape index (κ3) is 2.55. The maximum absolute atomic E-state index is 8.41. The highest BCUT2D eigenvalue weighted by atomic mass is 16.3. The fourth-order valence-electron chi connectivity index (χ4n) is 0.735. The van der Waals surface area contributed by atoms with Crippen molar-refractivity contribution >= 4 is 6.21 Å². The van der Waals surface area contributed by atoms with Gasteiger partial charge in [0.25, 0.3) is 0 Å². The van der Waals surface area contributed by atoms with Crippen LogP contribution in [0.3, 0.4) is 0 Å². The Morgan fingerprint density at radius 2 is 2.45 bits per heavy atom. The zero-order valence-electron chi connectivity index (χ0n) is 6.45. The van der Waals surface area contributed by atoms with Crippen molar-refractivity contribution in [3.8, 4) is 0 Å². The average molecular weight is 153 g/mol. The van der Waals surface area contributed by atoms with Crippen molar-refractivity contribution in [1.29, 1.82) is 0 Å². The molecule has 3 heteroatoms. The zero-order valence-corrected chi connectivity index (χ0v) is 6.45.